The van der Waals surface area contributed by atoms with Gasteiger partial charge in [-0.15, -0.1) is 0 Å². The zero-order valence-electron chi connectivity index (χ0n) is 12.9. The van der Waals surface area contributed by atoms with E-state index in [4.69, 9.17) is 0 Å². The highest BCUT2D eigenvalue weighted by atomic mass is 19.4. The number of aryl methyl sites for hydroxylation is 2. The number of alkyl halides is 3. The molecule has 2 aromatic heterocycles. The first-order chi connectivity index (χ1) is 11.5. The molecule has 7 heteroatoms. The molecule has 0 saturated heterocycles. The number of benzene rings is 1. The molecule has 2 heterocycles. The highest BCUT2D eigenvalue weighted by Crippen LogP contribution is 2.25. The lowest BCUT2D eigenvalue weighted by atomic mass is 10.1. The fourth-order valence-corrected chi connectivity index (χ4v) is 2.64. The summed E-state index contributed by atoms with van der Waals surface area (Å²) in [5.74, 6) is 0.685. The summed E-state index contributed by atoms with van der Waals surface area (Å²) in [6, 6.07) is 6.47. The average molecular weight is 334 g/mol. The van der Waals surface area contributed by atoms with E-state index in [1.54, 1.807) is 36.9 Å². The van der Waals surface area contributed by atoms with Crippen LogP contribution in [-0.2, 0) is 19.5 Å². The van der Waals surface area contributed by atoms with Gasteiger partial charge in [-0.2, -0.15) is 13.2 Å². The summed E-state index contributed by atoms with van der Waals surface area (Å²) in [6.07, 6.45) is 4.64. The van der Waals surface area contributed by atoms with Gasteiger partial charge in [-0.05, 0) is 18.1 Å². The third kappa shape index (κ3) is 4.24. The van der Waals surface area contributed by atoms with Crippen LogP contribution in [0.1, 0.15) is 12.0 Å². The molecule has 0 N–H and O–H groups in total. The van der Waals surface area contributed by atoms with Crippen molar-refractivity contribution in [3.05, 3.63) is 60.9 Å². The zero-order chi connectivity index (χ0) is 17.0. The number of aromatic nitrogens is 4. The Morgan fingerprint density at radius 2 is 1.92 bits per heavy atom. The highest BCUT2D eigenvalue weighted by molar-refractivity contribution is 5.56. The monoisotopic (exact) mass is 334 g/mol. The zero-order valence-corrected chi connectivity index (χ0v) is 12.9. The molecule has 0 spiro atoms. The molecule has 3 rings (SSSR count). The van der Waals surface area contributed by atoms with Gasteiger partial charge in [-0.1, -0.05) is 18.2 Å². The normalized spacial score (nSPS) is 11.8. The Bertz CT molecular complexity index is 775. The second-order valence-electron chi connectivity index (χ2n) is 5.59. The average Bonchev–Trinajstić information content (AvgIpc) is 3.17. The topological polar surface area (TPSA) is 35.6 Å². The smallest absolute Gasteiger partial charge is 0.337 e. The first-order valence-electron chi connectivity index (χ1n) is 7.64. The molecule has 0 bridgehead atoms. The van der Waals surface area contributed by atoms with E-state index in [-0.39, 0.29) is 5.56 Å². The van der Waals surface area contributed by atoms with Crippen LogP contribution in [0.15, 0.2) is 55.4 Å². The van der Waals surface area contributed by atoms with Gasteiger partial charge in [-0.25, -0.2) is 9.97 Å². The van der Waals surface area contributed by atoms with E-state index in [9.17, 15) is 13.2 Å². The van der Waals surface area contributed by atoms with Crippen LogP contribution in [0, 0.1) is 0 Å². The van der Waals surface area contributed by atoms with Crippen molar-refractivity contribution in [2.45, 2.75) is 32.1 Å². The minimum Gasteiger partial charge on any atom is -0.337 e. The summed E-state index contributed by atoms with van der Waals surface area (Å²) in [7, 11) is 0. The Labute approximate surface area is 137 Å². The number of rotatable bonds is 6. The minimum atomic E-state index is -4.21. The summed E-state index contributed by atoms with van der Waals surface area (Å²) in [4.78, 5) is 8.30. The predicted octanol–water partition coefficient (Wildman–Crippen LogP) is 3.94. The molecule has 0 aliphatic heterocycles. The van der Waals surface area contributed by atoms with Gasteiger partial charge >= 0.3 is 6.18 Å². The standard InChI is InChI=1S/C17H17F3N4/c18-17(19,20)12-14-3-1-4-15(11-14)16-22-6-10-24(16)8-2-7-23-9-5-21-13-23/h1,3-6,9-11,13H,2,7-8,12H2. The molecule has 0 aliphatic rings. The Kier molecular flexibility index (Phi) is 4.69. The van der Waals surface area contributed by atoms with Crippen molar-refractivity contribution in [1.82, 2.24) is 19.1 Å². The fraction of sp³-hybridized carbons (Fsp3) is 0.294. The van der Waals surface area contributed by atoms with Crippen molar-refractivity contribution in [2.24, 2.45) is 0 Å². The maximum Gasteiger partial charge on any atom is 0.393 e. The van der Waals surface area contributed by atoms with Crippen LogP contribution in [0.4, 0.5) is 13.2 Å². The summed E-state index contributed by atoms with van der Waals surface area (Å²) in [5.41, 5.74) is 0.942. The Morgan fingerprint density at radius 1 is 1.04 bits per heavy atom. The van der Waals surface area contributed by atoms with Crippen LogP contribution >= 0.6 is 0 Å². The van der Waals surface area contributed by atoms with Crippen LogP contribution in [0.25, 0.3) is 11.4 Å². The van der Waals surface area contributed by atoms with Gasteiger partial charge in [0.1, 0.15) is 5.82 Å². The van der Waals surface area contributed by atoms with Gasteiger partial charge in [0, 0.05) is 43.4 Å². The van der Waals surface area contributed by atoms with E-state index in [0.717, 1.165) is 19.5 Å². The van der Waals surface area contributed by atoms with E-state index in [2.05, 4.69) is 9.97 Å². The van der Waals surface area contributed by atoms with E-state index in [1.165, 1.54) is 6.07 Å². The molecular weight excluding hydrogens is 317 g/mol. The quantitative estimate of drug-likeness (QED) is 0.684. The first kappa shape index (κ1) is 16.3. The summed E-state index contributed by atoms with van der Waals surface area (Å²) < 4.78 is 41.7. The molecule has 0 aliphatic carbocycles. The molecule has 24 heavy (non-hydrogen) atoms. The maximum absolute atomic E-state index is 12.6. The molecule has 0 unspecified atom stereocenters. The number of halogens is 3. The van der Waals surface area contributed by atoms with Crippen molar-refractivity contribution < 1.29 is 13.2 Å². The van der Waals surface area contributed by atoms with Crippen molar-refractivity contribution in [1.29, 1.82) is 0 Å². The molecule has 4 nitrogen and oxygen atoms in total. The van der Waals surface area contributed by atoms with E-state index in [0.29, 0.717) is 11.4 Å². The van der Waals surface area contributed by atoms with E-state index < -0.39 is 12.6 Å². The minimum absolute atomic E-state index is 0.243. The SMILES string of the molecule is FC(F)(F)Cc1cccc(-c2nccn2CCCn2ccnc2)c1. The molecular formula is C17H17F3N4. The predicted molar refractivity (Wildman–Crippen MR) is 84.3 cm³/mol. The molecule has 0 fully saturated rings. The van der Waals surface area contributed by atoms with E-state index >= 15 is 0 Å². The van der Waals surface area contributed by atoms with Gasteiger partial charge < -0.3 is 9.13 Å². The molecule has 0 saturated carbocycles. The third-order valence-corrected chi connectivity index (χ3v) is 3.68. The molecule has 0 amide bonds. The van der Waals surface area contributed by atoms with Crippen LogP contribution in [0.2, 0.25) is 0 Å². The number of hydrogen-bond donors (Lipinski definition) is 0. The summed E-state index contributed by atoms with van der Waals surface area (Å²) in [6.45, 7) is 1.56. The highest BCUT2D eigenvalue weighted by Gasteiger charge is 2.27. The summed E-state index contributed by atoms with van der Waals surface area (Å²) >= 11 is 0. The summed E-state index contributed by atoms with van der Waals surface area (Å²) in [5, 5.41) is 0. The van der Waals surface area contributed by atoms with Crippen molar-refractivity contribution >= 4 is 0 Å². The van der Waals surface area contributed by atoms with Crippen molar-refractivity contribution in [2.75, 3.05) is 0 Å². The Hall–Kier alpha value is -2.57. The van der Waals surface area contributed by atoms with Gasteiger partial charge in [-0.3, -0.25) is 0 Å². The lowest BCUT2D eigenvalue weighted by Gasteiger charge is -2.10. The molecule has 0 radical (unpaired) electrons. The van der Waals surface area contributed by atoms with Gasteiger partial charge in [0.05, 0.1) is 12.7 Å². The van der Waals surface area contributed by atoms with Gasteiger partial charge in [0.2, 0.25) is 0 Å². The maximum atomic E-state index is 12.6. The largest absolute Gasteiger partial charge is 0.393 e. The lowest BCUT2D eigenvalue weighted by molar-refractivity contribution is -0.127. The van der Waals surface area contributed by atoms with Crippen LogP contribution in [0.5, 0.6) is 0 Å². The Balaban J connectivity index is 1.71. The first-order valence-corrected chi connectivity index (χ1v) is 7.64. The van der Waals surface area contributed by atoms with Gasteiger partial charge in [0.15, 0.2) is 0 Å². The van der Waals surface area contributed by atoms with Gasteiger partial charge in [0.25, 0.3) is 0 Å². The molecule has 126 valence electrons. The third-order valence-electron chi connectivity index (χ3n) is 3.68. The van der Waals surface area contributed by atoms with Crippen LogP contribution in [-0.4, -0.2) is 25.3 Å². The second-order valence-corrected chi connectivity index (χ2v) is 5.59. The second kappa shape index (κ2) is 6.90. The Morgan fingerprint density at radius 3 is 2.67 bits per heavy atom. The van der Waals surface area contributed by atoms with Crippen LogP contribution in [0.3, 0.4) is 0 Å². The van der Waals surface area contributed by atoms with Crippen molar-refractivity contribution in [3.63, 3.8) is 0 Å². The lowest BCUT2D eigenvalue weighted by Crippen LogP contribution is -2.11. The molecule has 0 atom stereocenters. The number of hydrogen-bond acceptors (Lipinski definition) is 2. The van der Waals surface area contributed by atoms with E-state index in [1.807, 2.05) is 21.5 Å². The fourth-order valence-electron chi connectivity index (χ4n) is 2.64. The number of nitrogens with zero attached hydrogens (tertiary/aromatic N) is 4. The number of imidazole rings is 2. The molecule has 1 aromatic carbocycles. The van der Waals surface area contributed by atoms with Crippen molar-refractivity contribution in [3.8, 4) is 11.4 Å². The molecule has 3 aromatic rings. The van der Waals surface area contributed by atoms with Crippen LogP contribution < -0.4 is 0 Å².